The van der Waals surface area contributed by atoms with Crippen LogP contribution in [0.1, 0.15) is 11.1 Å². The molecule has 0 atom stereocenters. The molecule has 1 aromatic carbocycles. The number of benzene rings is 1. The van der Waals surface area contributed by atoms with Crippen LogP contribution in [0.15, 0.2) is 34.9 Å². The summed E-state index contributed by atoms with van der Waals surface area (Å²) in [7, 11) is 1.88. The van der Waals surface area contributed by atoms with E-state index in [0.29, 0.717) is 16.1 Å². The molecule has 0 bridgehead atoms. The Morgan fingerprint density at radius 3 is 2.84 bits per heavy atom. The SMILES string of the molecule is CNCc1cnc(Oc2cc(F)ccc2Br)c(C)c1. The smallest absolute Gasteiger partial charge is 0.222 e. The number of halogens is 2. The normalized spacial score (nSPS) is 10.5. The lowest BCUT2D eigenvalue weighted by Crippen LogP contribution is -2.06. The number of nitrogens with one attached hydrogen (secondary N) is 1. The van der Waals surface area contributed by atoms with Crippen LogP contribution in [0.25, 0.3) is 0 Å². The van der Waals surface area contributed by atoms with Gasteiger partial charge in [-0.1, -0.05) is 0 Å². The molecule has 0 spiro atoms. The van der Waals surface area contributed by atoms with Gasteiger partial charge in [-0.3, -0.25) is 0 Å². The maximum Gasteiger partial charge on any atom is 0.222 e. The van der Waals surface area contributed by atoms with Crippen LogP contribution in [-0.4, -0.2) is 12.0 Å². The number of hydrogen-bond donors (Lipinski definition) is 1. The van der Waals surface area contributed by atoms with Crippen molar-refractivity contribution in [3.63, 3.8) is 0 Å². The predicted molar refractivity (Wildman–Crippen MR) is 75.9 cm³/mol. The van der Waals surface area contributed by atoms with Crippen molar-refractivity contribution in [2.24, 2.45) is 0 Å². The van der Waals surface area contributed by atoms with E-state index in [4.69, 9.17) is 4.74 Å². The van der Waals surface area contributed by atoms with Crippen molar-refractivity contribution >= 4 is 15.9 Å². The number of hydrogen-bond acceptors (Lipinski definition) is 3. The molecule has 0 aliphatic rings. The van der Waals surface area contributed by atoms with Crippen molar-refractivity contribution in [2.45, 2.75) is 13.5 Å². The van der Waals surface area contributed by atoms with Gasteiger partial charge in [0.2, 0.25) is 5.88 Å². The maximum absolute atomic E-state index is 13.2. The van der Waals surface area contributed by atoms with Crippen LogP contribution < -0.4 is 10.1 Å². The summed E-state index contributed by atoms with van der Waals surface area (Å²) in [5, 5.41) is 3.06. The Bertz CT molecular complexity index is 590. The Hall–Kier alpha value is -1.46. The predicted octanol–water partition coefficient (Wildman–Crippen LogP) is 3.80. The molecule has 0 aliphatic heterocycles. The van der Waals surface area contributed by atoms with E-state index < -0.39 is 0 Å². The summed E-state index contributed by atoms with van der Waals surface area (Å²) in [5.41, 5.74) is 1.98. The monoisotopic (exact) mass is 324 g/mol. The van der Waals surface area contributed by atoms with E-state index >= 15 is 0 Å². The Labute approximate surface area is 119 Å². The topological polar surface area (TPSA) is 34.2 Å². The van der Waals surface area contributed by atoms with Crippen molar-refractivity contribution in [2.75, 3.05) is 7.05 Å². The van der Waals surface area contributed by atoms with E-state index in [0.717, 1.165) is 17.7 Å². The molecule has 5 heteroatoms. The Kier molecular flexibility index (Phi) is 4.50. The summed E-state index contributed by atoms with van der Waals surface area (Å²) < 4.78 is 19.5. The first-order chi connectivity index (χ1) is 9.10. The molecule has 1 N–H and O–H groups in total. The first-order valence-corrected chi connectivity index (χ1v) is 6.62. The Balaban J connectivity index is 2.25. The fraction of sp³-hybridized carbons (Fsp3) is 0.214. The highest BCUT2D eigenvalue weighted by Crippen LogP contribution is 2.30. The molecule has 1 heterocycles. The molecule has 0 amide bonds. The van der Waals surface area contributed by atoms with Crippen LogP contribution >= 0.6 is 15.9 Å². The van der Waals surface area contributed by atoms with Crippen LogP contribution in [-0.2, 0) is 6.54 Å². The summed E-state index contributed by atoms with van der Waals surface area (Å²) in [5.74, 6) is 0.547. The van der Waals surface area contributed by atoms with Crippen LogP contribution in [0.4, 0.5) is 4.39 Å². The molecule has 1 aromatic heterocycles. The second-order valence-corrected chi connectivity index (χ2v) is 5.03. The minimum atomic E-state index is -0.345. The highest BCUT2D eigenvalue weighted by atomic mass is 79.9. The molecular formula is C14H14BrFN2O. The van der Waals surface area contributed by atoms with E-state index in [-0.39, 0.29) is 5.82 Å². The number of rotatable bonds is 4. The lowest BCUT2D eigenvalue weighted by Gasteiger charge is -2.10. The summed E-state index contributed by atoms with van der Waals surface area (Å²) in [6, 6.07) is 6.29. The number of pyridine rings is 1. The van der Waals surface area contributed by atoms with Crippen LogP contribution in [0.3, 0.4) is 0 Å². The third kappa shape index (κ3) is 3.52. The summed E-state index contributed by atoms with van der Waals surface area (Å²) in [6.45, 7) is 2.66. The zero-order chi connectivity index (χ0) is 13.8. The number of nitrogens with zero attached hydrogens (tertiary/aromatic N) is 1. The van der Waals surface area contributed by atoms with Gasteiger partial charge in [0.25, 0.3) is 0 Å². The van der Waals surface area contributed by atoms with Crippen molar-refractivity contribution in [3.05, 3.63) is 51.9 Å². The van der Waals surface area contributed by atoms with Gasteiger partial charge in [-0.05, 0) is 53.7 Å². The van der Waals surface area contributed by atoms with Crippen molar-refractivity contribution in [3.8, 4) is 11.6 Å². The average Bonchev–Trinajstić information content (AvgIpc) is 2.37. The van der Waals surface area contributed by atoms with Gasteiger partial charge in [0.15, 0.2) is 0 Å². The van der Waals surface area contributed by atoms with Gasteiger partial charge in [0.1, 0.15) is 11.6 Å². The molecule has 0 fully saturated rings. The van der Waals surface area contributed by atoms with Gasteiger partial charge >= 0.3 is 0 Å². The standard InChI is InChI=1S/C14H14BrFN2O/c1-9-5-10(7-17-2)8-18-14(9)19-13-6-11(16)3-4-12(13)15/h3-6,8,17H,7H2,1-2H3. The summed E-state index contributed by atoms with van der Waals surface area (Å²) in [6.07, 6.45) is 1.74. The number of aryl methyl sites for hydroxylation is 1. The summed E-state index contributed by atoms with van der Waals surface area (Å²) >= 11 is 3.32. The zero-order valence-electron chi connectivity index (χ0n) is 10.7. The number of aromatic nitrogens is 1. The highest BCUT2D eigenvalue weighted by molar-refractivity contribution is 9.10. The first kappa shape index (κ1) is 14.0. The van der Waals surface area contributed by atoms with Crippen molar-refractivity contribution in [1.82, 2.24) is 10.3 Å². The number of ether oxygens (including phenoxy) is 1. The second kappa shape index (κ2) is 6.12. The second-order valence-electron chi connectivity index (χ2n) is 4.17. The molecule has 2 rings (SSSR count). The van der Waals surface area contributed by atoms with Crippen LogP contribution in [0.5, 0.6) is 11.6 Å². The van der Waals surface area contributed by atoms with E-state index in [1.165, 1.54) is 12.1 Å². The molecule has 19 heavy (non-hydrogen) atoms. The average molecular weight is 325 g/mol. The molecule has 0 unspecified atom stereocenters. The first-order valence-electron chi connectivity index (χ1n) is 5.83. The van der Waals surface area contributed by atoms with Gasteiger partial charge in [0, 0.05) is 24.4 Å². The Morgan fingerprint density at radius 1 is 1.37 bits per heavy atom. The molecule has 0 saturated carbocycles. The Morgan fingerprint density at radius 2 is 2.16 bits per heavy atom. The van der Waals surface area contributed by atoms with Gasteiger partial charge in [0.05, 0.1) is 4.47 Å². The molecule has 0 aliphatic carbocycles. The summed E-state index contributed by atoms with van der Waals surface area (Å²) in [4.78, 5) is 4.26. The molecule has 0 radical (unpaired) electrons. The molecule has 100 valence electrons. The molecule has 0 saturated heterocycles. The van der Waals surface area contributed by atoms with Crippen LogP contribution in [0, 0.1) is 12.7 Å². The molecule has 2 aromatic rings. The lowest BCUT2D eigenvalue weighted by atomic mass is 10.2. The van der Waals surface area contributed by atoms with Gasteiger partial charge in [-0.2, -0.15) is 0 Å². The van der Waals surface area contributed by atoms with E-state index in [9.17, 15) is 4.39 Å². The minimum absolute atomic E-state index is 0.345. The quantitative estimate of drug-likeness (QED) is 0.928. The van der Waals surface area contributed by atoms with Gasteiger partial charge in [-0.25, -0.2) is 9.37 Å². The largest absolute Gasteiger partial charge is 0.437 e. The molecule has 3 nitrogen and oxygen atoms in total. The van der Waals surface area contributed by atoms with E-state index in [1.54, 1.807) is 12.3 Å². The maximum atomic E-state index is 13.2. The van der Waals surface area contributed by atoms with Gasteiger partial charge < -0.3 is 10.1 Å². The van der Waals surface area contributed by atoms with Crippen molar-refractivity contribution in [1.29, 1.82) is 0 Å². The van der Waals surface area contributed by atoms with Crippen molar-refractivity contribution < 1.29 is 9.13 Å². The zero-order valence-corrected chi connectivity index (χ0v) is 12.3. The third-order valence-corrected chi connectivity index (χ3v) is 3.22. The fourth-order valence-corrected chi connectivity index (χ4v) is 2.02. The third-order valence-electron chi connectivity index (χ3n) is 2.57. The van der Waals surface area contributed by atoms with Crippen LogP contribution in [0.2, 0.25) is 0 Å². The van der Waals surface area contributed by atoms with E-state index in [2.05, 4.69) is 26.2 Å². The lowest BCUT2D eigenvalue weighted by molar-refractivity contribution is 0.451. The minimum Gasteiger partial charge on any atom is -0.437 e. The van der Waals surface area contributed by atoms with E-state index in [1.807, 2.05) is 20.0 Å². The van der Waals surface area contributed by atoms with Gasteiger partial charge in [-0.15, -0.1) is 0 Å². The highest BCUT2D eigenvalue weighted by Gasteiger charge is 2.08. The fourth-order valence-electron chi connectivity index (χ4n) is 1.69. The molecular weight excluding hydrogens is 311 g/mol.